The number of carboxylic acid groups (broad SMARTS) is 1. The number of amides is 1. The van der Waals surface area contributed by atoms with Crippen LogP contribution in [0.5, 0.6) is 0 Å². The van der Waals surface area contributed by atoms with Crippen LogP contribution in [0.3, 0.4) is 0 Å². The monoisotopic (exact) mass is 339 g/mol. The second kappa shape index (κ2) is 6.42. The molecule has 0 saturated carbocycles. The first-order valence-electron chi connectivity index (χ1n) is 6.77. The molecule has 23 heavy (non-hydrogen) atoms. The molecule has 0 fully saturated rings. The molecule has 1 aromatic heterocycles. The van der Waals surface area contributed by atoms with Gasteiger partial charge in [0, 0.05) is 17.0 Å². The lowest BCUT2D eigenvalue weighted by Gasteiger charge is -2.26. The number of aromatic carboxylic acids is 1. The summed E-state index contributed by atoms with van der Waals surface area (Å²) >= 11 is 6.05. The van der Waals surface area contributed by atoms with E-state index in [1.54, 1.807) is 6.07 Å². The van der Waals surface area contributed by atoms with Crippen molar-refractivity contribution >= 4 is 23.5 Å². The highest BCUT2D eigenvalue weighted by Gasteiger charge is 2.25. The van der Waals surface area contributed by atoms with Crippen LogP contribution in [0.15, 0.2) is 34.7 Å². The fourth-order valence-corrected chi connectivity index (χ4v) is 2.52. The minimum Gasteiger partial charge on any atom is -0.475 e. The Morgan fingerprint density at radius 2 is 1.91 bits per heavy atom. The lowest BCUT2D eigenvalue weighted by Crippen LogP contribution is -2.36. The van der Waals surface area contributed by atoms with Gasteiger partial charge in [-0.05, 0) is 29.8 Å². The van der Waals surface area contributed by atoms with Gasteiger partial charge < -0.3 is 14.8 Å². The highest BCUT2D eigenvalue weighted by molar-refractivity contribution is 6.31. The van der Waals surface area contributed by atoms with Crippen LogP contribution in [-0.4, -0.2) is 23.5 Å². The largest absolute Gasteiger partial charge is 0.475 e. The van der Waals surface area contributed by atoms with Gasteiger partial charge in [0.1, 0.15) is 5.82 Å². The minimum atomic E-state index is -1.25. The third kappa shape index (κ3) is 3.90. The normalized spacial score (nSPS) is 11.3. The summed E-state index contributed by atoms with van der Waals surface area (Å²) in [6, 6.07) is 6.58. The molecule has 7 heteroatoms. The van der Waals surface area contributed by atoms with E-state index in [0.29, 0.717) is 5.56 Å². The number of furan rings is 1. The van der Waals surface area contributed by atoms with E-state index in [1.807, 2.05) is 13.8 Å². The maximum atomic E-state index is 13.1. The van der Waals surface area contributed by atoms with Gasteiger partial charge >= 0.3 is 5.97 Å². The molecule has 0 aliphatic carbocycles. The molecule has 122 valence electrons. The fourth-order valence-electron chi connectivity index (χ4n) is 2.10. The molecular formula is C16H15ClFNO4. The topological polar surface area (TPSA) is 79.5 Å². The van der Waals surface area contributed by atoms with Crippen LogP contribution in [-0.2, 0) is 5.41 Å². The second-order valence-electron chi connectivity index (χ2n) is 5.66. The van der Waals surface area contributed by atoms with Crippen molar-refractivity contribution in [2.45, 2.75) is 19.3 Å². The summed E-state index contributed by atoms with van der Waals surface area (Å²) in [5.74, 6) is -2.62. The fraction of sp³-hybridized carbons (Fsp3) is 0.250. The molecule has 0 aliphatic heterocycles. The highest BCUT2D eigenvalue weighted by Crippen LogP contribution is 2.30. The van der Waals surface area contributed by atoms with Crippen molar-refractivity contribution in [3.63, 3.8) is 0 Å². The molecule has 0 aliphatic rings. The van der Waals surface area contributed by atoms with Crippen molar-refractivity contribution in [2.24, 2.45) is 0 Å². The van der Waals surface area contributed by atoms with E-state index in [2.05, 4.69) is 5.32 Å². The Morgan fingerprint density at radius 1 is 1.26 bits per heavy atom. The first kappa shape index (κ1) is 17.0. The summed E-state index contributed by atoms with van der Waals surface area (Å²) in [6.07, 6.45) is 0. The summed E-state index contributed by atoms with van der Waals surface area (Å²) in [6.45, 7) is 3.90. The van der Waals surface area contributed by atoms with Gasteiger partial charge in [0.2, 0.25) is 5.76 Å². The van der Waals surface area contributed by atoms with E-state index in [0.717, 1.165) is 0 Å². The Morgan fingerprint density at radius 3 is 2.48 bits per heavy atom. The molecule has 2 rings (SSSR count). The van der Waals surface area contributed by atoms with Crippen LogP contribution in [0.2, 0.25) is 5.02 Å². The molecule has 0 atom stereocenters. The van der Waals surface area contributed by atoms with Gasteiger partial charge in [0.05, 0.1) is 0 Å². The van der Waals surface area contributed by atoms with Gasteiger partial charge in [-0.1, -0.05) is 31.5 Å². The van der Waals surface area contributed by atoms with Crippen molar-refractivity contribution in [3.05, 3.63) is 58.3 Å². The predicted octanol–water partition coefficient (Wildman–Crippen LogP) is 3.48. The number of carboxylic acids is 1. The molecule has 1 aromatic carbocycles. The molecule has 0 saturated heterocycles. The van der Waals surface area contributed by atoms with Gasteiger partial charge in [-0.25, -0.2) is 9.18 Å². The van der Waals surface area contributed by atoms with Crippen molar-refractivity contribution in [1.29, 1.82) is 0 Å². The number of benzene rings is 1. The highest BCUT2D eigenvalue weighted by atomic mass is 35.5. The molecule has 1 heterocycles. The van der Waals surface area contributed by atoms with Gasteiger partial charge in [-0.15, -0.1) is 0 Å². The molecule has 2 N–H and O–H groups in total. The van der Waals surface area contributed by atoms with Crippen molar-refractivity contribution in [2.75, 3.05) is 6.54 Å². The SMILES string of the molecule is CC(C)(CNC(=O)c1ccc(C(=O)O)o1)c1ccc(F)cc1Cl. The summed E-state index contributed by atoms with van der Waals surface area (Å²) in [7, 11) is 0. The summed E-state index contributed by atoms with van der Waals surface area (Å²) in [4.78, 5) is 22.7. The van der Waals surface area contributed by atoms with Crippen LogP contribution < -0.4 is 5.32 Å². The van der Waals surface area contributed by atoms with Crippen molar-refractivity contribution < 1.29 is 23.5 Å². The standard InChI is InChI=1S/C16H15ClFNO4/c1-16(2,10-4-3-9(18)7-11(10)17)8-19-14(20)12-5-6-13(23-12)15(21)22/h3-7H,8H2,1-2H3,(H,19,20)(H,21,22). The van der Waals surface area contributed by atoms with Crippen LogP contribution >= 0.6 is 11.6 Å². The first-order valence-corrected chi connectivity index (χ1v) is 7.15. The van der Waals surface area contributed by atoms with Crippen LogP contribution in [0.1, 0.15) is 40.5 Å². The Bertz CT molecular complexity index is 754. The van der Waals surface area contributed by atoms with Gasteiger partial charge in [0.15, 0.2) is 5.76 Å². The number of hydrogen-bond acceptors (Lipinski definition) is 3. The Balaban J connectivity index is 2.08. The second-order valence-corrected chi connectivity index (χ2v) is 6.07. The quantitative estimate of drug-likeness (QED) is 0.874. The molecule has 2 aromatic rings. The molecule has 0 spiro atoms. The third-order valence-corrected chi connectivity index (χ3v) is 3.70. The Hall–Kier alpha value is -2.34. The van der Waals surface area contributed by atoms with Crippen molar-refractivity contribution in [3.8, 4) is 0 Å². The van der Waals surface area contributed by atoms with Crippen LogP contribution in [0.25, 0.3) is 0 Å². The Labute approximate surface area is 137 Å². The zero-order valence-corrected chi connectivity index (χ0v) is 13.3. The van der Waals surface area contributed by atoms with E-state index >= 15 is 0 Å². The number of carbonyl (C=O) groups excluding carboxylic acids is 1. The lowest BCUT2D eigenvalue weighted by atomic mass is 9.84. The molecule has 5 nitrogen and oxygen atoms in total. The summed E-state index contributed by atoms with van der Waals surface area (Å²) in [5.41, 5.74) is 0.134. The lowest BCUT2D eigenvalue weighted by molar-refractivity contribution is 0.0659. The molecule has 0 bridgehead atoms. The summed E-state index contributed by atoms with van der Waals surface area (Å²) in [5, 5.41) is 11.7. The van der Waals surface area contributed by atoms with Gasteiger partial charge in [0.25, 0.3) is 5.91 Å². The number of rotatable bonds is 5. The van der Waals surface area contributed by atoms with Crippen LogP contribution in [0.4, 0.5) is 4.39 Å². The maximum Gasteiger partial charge on any atom is 0.371 e. The molecular weight excluding hydrogens is 325 g/mol. The number of halogens is 2. The van der Waals surface area contributed by atoms with Crippen LogP contribution in [0, 0.1) is 5.82 Å². The van der Waals surface area contributed by atoms with E-state index < -0.39 is 23.1 Å². The van der Waals surface area contributed by atoms with Gasteiger partial charge in [-0.3, -0.25) is 4.79 Å². The maximum absolute atomic E-state index is 13.1. The summed E-state index contributed by atoms with van der Waals surface area (Å²) < 4.78 is 18.1. The van der Waals surface area contributed by atoms with Crippen molar-refractivity contribution in [1.82, 2.24) is 5.32 Å². The minimum absolute atomic E-state index is 0.0941. The predicted molar refractivity (Wildman–Crippen MR) is 82.4 cm³/mol. The van der Waals surface area contributed by atoms with Gasteiger partial charge in [-0.2, -0.15) is 0 Å². The zero-order chi connectivity index (χ0) is 17.2. The average Bonchev–Trinajstić information content (AvgIpc) is 2.94. The molecule has 0 unspecified atom stereocenters. The number of nitrogens with one attached hydrogen (secondary N) is 1. The average molecular weight is 340 g/mol. The first-order chi connectivity index (χ1) is 10.7. The molecule has 0 radical (unpaired) electrons. The zero-order valence-electron chi connectivity index (χ0n) is 12.5. The third-order valence-electron chi connectivity index (χ3n) is 3.39. The smallest absolute Gasteiger partial charge is 0.371 e. The van der Waals surface area contributed by atoms with E-state index in [9.17, 15) is 14.0 Å². The number of hydrogen-bond donors (Lipinski definition) is 2. The van der Waals surface area contributed by atoms with E-state index in [1.165, 1.54) is 24.3 Å². The Kier molecular flexibility index (Phi) is 4.75. The van der Waals surface area contributed by atoms with E-state index in [-0.39, 0.29) is 23.1 Å². The molecule has 1 amide bonds. The van der Waals surface area contributed by atoms with E-state index in [4.69, 9.17) is 21.1 Å². The number of carbonyl (C=O) groups is 2.